The highest BCUT2D eigenvalue weighted by Crippen LogP contribution is 2.35. The first-order valence-corrected chi connectivity index (χ1v) is 4.39. The molecule has 0 N–H and O–H groups in total. The minimum atomic E-state index is 0.0931. The number of carbonyl (C=O) groups excluding carboxylic acids is 1. The number of hydrogen-bond donors (Lipinski definition) is 0. The second-order valence-corrected chi connectivity index (χ2v) is 4.12. The Kier molecular flexibility index (Phi) is 2.51. The van der Waals surface area contributed by atoms with Gasteiger partial charge in [0, 0.05) is 5.92 Å². The van der Waals surface area contributed by atoms with Gasteiger partial charge in [0.2, 0.25) is 0 Å². The minimum absolute atomic E-state index is 0.0931. The smallest absolute Gasteiger partial charge is 0.127 e. The normalized spacial score (nSPS) is 27.5. The fraction of sp³-hybridized carbons (Fsp3) is 0.545. The van der Waals surface area contributed by atoms with E-state index < -0.39 is 0 Å². The van der Waals surface area contributed by atoms with Crippen molar-refractivity contribution in [3.63, 3.8) is 0 Å². The summed E-state index contributed by atoms with van der Waals surface area (Å²) in [7, 11) is 0. The highest BCUT2D eigenvalue weighted by molar-refractivity contribution is 5.61. The molecule has 1 rings (SSSR count). The molecule has 12 heavy (non-hydrogen) atoms. The Morgan fingerprint density at radius 1 is 1.67 bits per heavy atom. The van der Waals surface area contributed by atoms with Crippen molar-refractivity contribution in [2.75, 3.05) is 0 Å². The van der Waals surface area contributed by atoms with Crippen LogP contribution in [-0.2, 0) is 4.79 Å². The van der Waals surface area contributed by atoms with Gasteiger partial charge < -0.3 is 4.79 Å². The molecule has 0 saturated carbocycles. The molecule has 0 heterocycles. The molecular weight excluding hydrogens is 148 g/mol. The van der Waals surface area contributed by atoms with Gasteiger partial charge in [-0.05, 0) is 23.8 Å². The van der Waals surface area contributed by atoms with Gasteiger partial charge in [-0.1, -0.05) is 32.6 Å². The van der Waals surface area contributed by atoms with Crippen molar-refractivity contribution in [2.24, 2.45) is 11.3 Å². The molecule has 0 saturated heterocycles. The molecule has 0 spiro atoms. The molecule has 1 unspecified atom stereocenters. The summed E-state index contributed by atoms with van der Waals surface area (Å²) in [5.41, 5.74) is 1.34. The lowest BCUT2D eigenvalue weighted by Crippen LogP contribution is -2.20. The van der Waals surface area contributed by atoms with Crippen molar-refractivity contribution < 1.29 is 4.79 Å². The highest BCUT2D eigenvalue weighted by atomic mass is 16.1. The predicted octanol–water partition coefficient (Wildman–Crippen LogP) is 2.73. The molecule has 1 aliphatic carbocycles. The molecule has 1 heteroatoms. The van der Waals surface area contributed by atoms with Gasteiger partial charge in [0.15, 0.2) is 0 Å². The van der Waals surface area contributed by atoms with Gasteiger partial charge in [-0.3, -0.25) is 0 Å². The van der Waals surface area contributed by atoms with E-state index in [-0.39, 0.29) is 11.3 Å². The molecule has 0 radical (unpaired) electrons. The molecule has 0 amide bonds. The zero-order valence-corrected chi connectivity index (χ0v) is 7.84. The van der Waals surface area contributed by atoms with Gasteiger partial charge in [-0.15, -0.1) is 0 Å². The molecule has 1 nitrogen and oxygen atoms in total. The van der Waals surface area contributed by atoms with Crippen molar-refractivity contribution in [2.45, 2.75) is 26.7 Å². The molecule has 0 aromatic heterocycles. The van der Waals surface area contributed by atoms with Crippen molar-refractivity contribution in [3.05, 3.63) is 24.3 Å². The predicted molar refractivity (Wildman–Crippen MR) is 50.8 cm³/mol. The van der Waals surface area contributed by atoms with Crippen LogP contribution in [0, 0.1) is 11.3 Å². The van der Waals surface area contributed by atoms with Gasteiger partial charge in [-0.2, -0.15) is 0 Å². The van der Waals surface area contributed by atoms with Gasteiger partial charge in [0.25, 0.3) is 0 Å². The van der Waals surface area contributed by atoms with Gasteiger partial charge in [0.1, 0.15) is 6.29 Å². The Hall–Kier alpha value is -0.850. The van der Waals surface area contributed by atoms with E-state index in [1.165, 1.54) is 0 Å². The van der Waals surface area contributed by atoms with E-state index in [0.29, 0.717) is 0 Å². The molecule has 0 fully saturated rings. The standard InChI is InChI=1S/C11H16O/c1-4-9-7-11(2,3)6-5-10(9)8-12/h4,7-8,10H,1,5-6H2,2-3H3. The van der Waals surface area contributed by atoms with Crippen LogP contribution in [0.1, 0.15) is 26.7 Å². The first kappa shape index (κ1) is 9.24. The first-order chi connectivity index (χ1) is 5.59. The summed E-state index contributed by atoms with van der Waals surface area (Å²) in [6, 6.07) is 0. The lowest BCUT2D eigenvalue weighted by atomic mass is 9.75. The number of rotatable bonds is 2. The maximum atomic E-state index is 10.7. The van der Waals surface area contributed by atoms with Crippen LogP contribution in [0.25, 0.3) is 0 Å². The van der Waals surface area contributed by atoms with Crippen LogP contribution in [-0.4, -0.2) is 6.29 Å². The summed E-state index contributed by atoms with van der Waals surface area (Å²) in [5, 5.41) is 0. The van der Waals surface area contributed by atoms with Crippen LogP contribution >= 0.6 is 0 Å². The Morgan fingerprint density at radius 3 is 2.83 bits per heavy atom. The molecule has 1 aliphatic rings. The highest BCUT2D eigenvalue weighted by Gasteiger charge is 2.25. The van der Waals surface area contributed by atoms with Crippen LogP contribution in [0.4, 0.5) is 0 Å². The van der Waals surface area contributed by atoms with Crippen molar-refractivity contribution in [1.29, 1.82) is 0 Å². The second-order valence-electron chi connectivity index (χ2n) is 4.12. The lowest BCUT2D eigenvalue weighted by molar-refractivity contribution is -0.110. The Labute approximate surface area is 74.2 Å². The summed E-state index contributed by atoms with van der Waals surface area (Å²) in [6.45, 7) is 8.10. The topological polar surface area (TPSA) is 17.1 Å². The van der Waals surface area contributed by atoms with Crippen molar-refractivity contribution >= 4 is 6.29 Å². The van der Waals surface area contributed by atoms with E-state index in [4.69, 9.17) is 0 Å². The maximum absolute atomic E-state index is 10.7. The van der Waals surface area contributed by atoms with Crippen LogP contribution in [0.5, 0.6) is 0 Å². The summed E-state index contributed by atoms with van der Waals surface area (Å²) in [6.07, 6.45) is 7.06. The molecule has 66 valence electrons. The number of carbonyl (C=O) groups is 1. The average Bonchev–Trinajstić information content (AvgIpc) is 2.03. The zero-order chi connectivity index (χ0) is 9.19. The molecule has 0 aliphatic heterocycles. The largest absolute Gasteiger partial charge is 0.303 e. The molecule has 0 aromatic carbocycles. The number of hydrogen-bond acceptors (Lipinski definition) is 1. The van der Waals surface area contributed by atoms with Crippen LogP contribution < -0.4 is 0 Å². The van der Waals surface area contributed by atoms with Gasteiger partial charge >= 0.3 is 0 Å². The SMILES string of the molecule is C=CC1=CC(C)(C)CCC1C=O. The number of allylic oxidation sites excluding steroid dienone is 3. The van der Waals surface area contributed by atoms with Crippen LogP contribution in [0.15, 0.2) is 24.3 Å². The van der Waals surface area contributed by atoms with E-state index in [9.17, 15) is 4.79 Å². The summed E-state index contributed by atoms with van der Waals surface area (Å²) in [4.78, 5) is 10.7. The van der Waals surface area contributed by atoms with E-state index in [2.05, 4.69) is 26.5 Å². The molecule has 0 bridgehead atoms. The Morgan fingerprint density at radius 2 is 2.33 bits per heavy atom. The summed E-state index contributed by atoms with van der Waals surface area (Å²) >= 11 is 0. The summed E-state index contributed by atoms with van der Waals surface area (Å²) in [5.74, 6) is 0.0931. The third-order valence-corrected chi connectivity index (χ3v) is 2.49. The van der Waals surface area contributed by atoms with E-state index in [1.54, 1.807) is 6.08 Å². The Balaban J connectivity index is 2.91. The third-order valence-electron chi connectivity index (χ3n) is 2.49. The fourth-order valence-electron chi connectivity index (χ4n) is 1.68. The third kappa shape index (κ3) is 1.84. The van der Waals surface area contributed by atoms with E-state index in [1.807, 2.05) is 0 Å². The maximum Gasteiger partial charge on any atom is 0.127 e. The minimum Gasteiger partial charge on any atom is -0.303 e. The molecule has 1 atom stereocenters. The number of aldehydes is 1. The molecule has 0 aromatic rings. The monoisotopic (exact) mass is 164 g/mol. The molecular formula is C11H16O. The Bertz CT molecular complexity index is 223. The summed E-state index contributed by atoms with van der Waals surface area (Å²) < 4.78 is 0. The van der Waals surface area contributed by atoms with Crippen LogP contribution in [0.3, 0.4) is 0 Å². The van der Waals surface area contributed by atoms with E-state index in [0.717, 1.165) is 24.7 Å². The van der Waals surface area contributed by atoms with E-state index >= 15 is 0 Å². The first-order valence-electron chi connectivity index (χ1n) is 4.39. The zero-order valence-electron chi connectivity index (χ0n) is 7.84. The van der Waals surface area contributed by atoms with Gasteiger partial charge in [0.05, 0.1) is 0 Å². The lowest BCUT2D eigenvalue weighted by Gasteiger charge is -2.29. The quantitative estimate of drug-likeness (QED) is 0.573. The van der Waals surface area contributed by atoms with Gasteiger partial charge in [-0.25, -0.2) is 0 Å². The fourth-order valence-corrected chi connectivity index (χ4v) is 1.68. The average molecular weight is 164 g/mol. The second kappa shape index (κ2) is 3.26. The van der Waals surface area contributed by atoms with Crippen molar-refractivity contribution in [3.8, 4) is 0 Å². The van der Waals surface area contributed by atoms with Crippen LogP contribution in [0.2, 0.25) is 0 Å². The van der Waals surface area contributed by atoms with Crippen molar-refractivity contribution in [1.82, 2.24) is 0 Å².